The highest BCUT2D eigenvalue weighted by atomic mass is 127. The number of halogens is 1. The highest BCUT2D eigenvalue weighted by Crippen LogP contribution is 2.17. The van der Waals surface area contributed by atoms with Gasteiger partial charge in [-0.2, -0.15) is 0 Å². The highest BCUT2D eigenvalue weighted by Gasteiger charge is 2.04. The Bertz CT molecular complexity index is 740. The molecule has 0 unspecified atom stereocenters. The van der Waals surface area contributed by atoms with Crippen molar-refractivity contribution in [3.8, 4) is 5.75 Å². The van der Waals surface area contributed by atoms with E-state index in [4.69, 9.17) is 4.74 Å². The average molecular weight is 497 g/mol. The van der Waals surface area contributed by atoms with Gasteiger partial charge < -0.3 is 20.7 Å². The number of methoxy groups -OCH3 is 1. The molecule has 0 aliphatic carbocycles. The van der Waals surface area contributed by atoms with E-state index in [9.17, 15) is 4.79 Å². The van der Waals surface area contributed by atoms with E-state index in [1.54, 1.807) is 31.6 Å². The van der Waals surface area contributed by atoms with Crippen molar-refractivity contribution in [3.05, 3.63) is 59.9 Å². The van der Waals surface area contributed by atoms with Crippen LogP contribution in [0.2, 0.25) is 0 Å². The number of hydrogen-bond acceptors (Lipinski definition) is 4. The van der Waals surface area contributed by atoms with Crippen LogP contribution in [0, 0.1) is 0 Å². The maximum absolute atomic E-state index is 12.0. The molecule has 0 radical (unpaired) electrons. The Morgan fingerprint density at radius 3 is 2.61 bits per heavy atom. The van der Waals surface area contributed by atoms with Gasteiger partial charge in [-0.05, 0) is 37.1 Å². The number of aromatic nitrogens is 1. The fraction of sp³-hybridized carbons (Fsp3) is 0.350. The third kappa shape index (κ3) is 8.12. The summed E-state index contributed by atoms with van der Waals surface area (Å²) in [5.41, 5.74) is 1.68. The maximum atomic E-state index is 12.0. The molecule has 1 aromatic heterocycles. The number of nitrogens with zero attached hydrogens (tertiary/aromatic N) is 2. The summed E-state index contributed by atoms with van der Waals surface area (Å²) in [6.07, 6.45) is 3.98. The number of para-hydroxylation sites is 1. The molecule has 152 valence electrons. The van der Waals surface area contributed by atoms with Crippen LogP contribution in [-0.2, 0) is 6.42 Å². The van der Waals surface area contributed by atoms with E-state index < -0.39 is 0 Å². The van der Waals surface area contributed by atoms with Crippen LogP contribution < -0.4 is 20.7 Å². The Morgan fingerprint density at radius 1 is 1.11 bits per heavy atom. The van der Waals surface area contributed by atoms with Gasteiger partial charge in [-0.15, -0.1) is 24.0 Å². The van der Waals surface area contributed by atoms with Crippen molar-refractivity contribution in [2.75, 3.05) is 33.3 Å². The quantitative estimate of drug-likeness (QED) is 0.214. The normalized spacial score (nSPS) is 10.6. The highest BCUT2D eigenvalue weighted by molar-refractivity contribution is 14.0. The Kier molecular flexibility index (Phi) is 11.6. The van der Waals surface area contributed by atoms with E-state index in [1.165, 1.54) is 0 Å². The largest absolute Gasteiger partial charge is 0.496 e. The van der Waals surface area contributed by atoms with Crippen molar-refractivity contribution in [3.63, 3.8) is 0 Å². The summed E-state index contributed by atoms with van der Waals surface area (Å²) in [6.45, 7) is 4.49. The van der Waals surface area contributed by atoms with Crippen molar-refractivity contribution in [2.24, 2.45) is 4.99 Å². The minimum atomic E-state index is -0.136. The number of hydrogen-bond donors (Lipinski definition) is 3. The van der Waals surface area contributed by atoms with Gasteiger partial charge in [0.05, 0.1) is 12.7 Å². The van der Waals surface area contributed by atoms with Crippen molar-refractivity contribution in [2.45, 2.75) is 13.3 Å². The zero-order chi connectivity index (χ0) is 19.3. The lowest BCUT2D eigenvalue weighted by Crippen LogP contribution is -2.41. The molecular formula is C20H28IN5O2. The predicted molar refractivity (Wildman–Crippen MR) is 123 cm³/mol. The number of carbonyl (C=O) groups excluding carboxylic acids is 1. The van der Waals surface area contributed by atoms with Crippen LogP contribution in [0.15, 0.2) is 53.8 Å². The lowest BCUT2D eigenvalue weighted by molar-refractivity contribution is 0.0954. The molecule has 0 atom stereocenters. The van der Waals surface area contributed by atoms with Crippen LogP contribution in [0.4, 0.5) is 0 Å². The molecule has 3 N–H and O–H groups in total. The summed E-state index contributed by atoms with van der Waals surface area (Å²) in [5, 5.41) is 9.27. The van der Waals surface area contributed by atoms with Gasteiger partial charge >= 0.3 is 0 Å². The number of guanidine groups is 1. The molecule has 0 spiro atoms. The van der Waals surface area contributed by atoms with Crippen LogP contribution in [0.3, 0.4) is 0 Å². The molecule has 0 saturated heterocycles. The first-order valence-electron chi connectivity index (χ1n) is 9.07. The Balaban J connectivity index is 0.00000392. The van der Waals surface area contributed by atoms with Crippen molar-refractivity contribution in [1.82, 2.24) is 20.9 Å². The number of aliphatic imine (C=N–C) groups is 1. The number of pyridine rings is 1. The van der Waals surface area contributed by atoms with Gasteiger partial charge in [0.2, 0.25) is 0 Å². The van der Waals surface area contributed by atoms with E-state index in [0.717, 1.165) is 30.2 Å². The fourth-order valence-electron chi connectivity index (χ4n) is 2.50. The molecule has 0 fully saturated rings. The third-order valence-corrected chi connectivity index (χ3v) is 3.81. The summed E-state index contributed by atoms with van der Waals surface area (Å²) in [6, 6.07) is 11.4. The summed E-state index contributed by atoms with van der Waals surface area (Å²) in [7, 11) is 1.67. The van der Waals surface area contributed by atoms with Gasteiger partial charge in [0.1, 0.15) is 5.75 Å². The smallest absolute Gasteiger partial charge is 0.252 e. The van der Waals surface area contributed by atoms with Crippen molar-refractivity contribution < 1.29 is 9.53 Å². The molecule has 8 heteroatoms. The molecule has 28 heavy (non-hydrogen) atoms. The minimum absolute atomic E-state index is 0. The maximum Gasteiger partial charge on any atom is 0.252 e. The van der Waals surface area contributed by atoms with E-state index in [0.29, 0.717) is 25.2 Å². The van der Waals surface area contributed by atoms with E-state index >= 15 is 0 Å². The van der Waals surface area contributed by atoms with E-state index in [1.807, 2.05) is 31.2 Å². The number of rotatable bonds is 9. The molecule has 1 heterocycles. The number of amides is 1. The molecule has 0 bridgehead atoms. The fourth-order valence-corrected chi connectivity index (χ4v) is 2.50. The molecule has 2 aromatic rings. The summed E-state index contributed by atoms with van der Waals surface area (Å²) < 4.78 is 5.36. The first-order valence-corrected chi connectivity index (χ1v) is 9.07. The molecule has 1 amide bonds. The molecular weight excluding hydrogens is 469 g/mol. The summed E-state index contributed by atoms with van der Waals surface area (Å²) in [4.78, 5) is 20.5. The Hall–Kier alpha value is -2.36. The van der Waals surface area contributed by atoms with Crippen LogP contribution in [0.1, 0.15) is 22.8 Å². The zero-order valence-electron chi connectivity index (χ0n) is 16.3. The SMILES string of the molecule is CCNC(=NCCc1ccccc1OC)NCCNC(=O)c1cccnc1.I. The Morgan fingerprint density at radius 2 is 1.89 bits per heavy atom. The summed E-state index contributed by atoms with van der Waals surface area (Å²) >= 11 is 0. The number of ether oxygens (including phenoxy) is 1. The van der Waals surface area contributed by atoms with Gasteiger partial charge in [-0.1, -0.05) is 18.2 Å². The van der Waals surface area contributed by atoms with Crippen molar-refractivity contribution >= 4 is 35.8 Å². The first-order chi connectivity index (χ1) is 13.2. The first kappa shape index (κ1) is 23.7. The number of carbonyl (C=O) groups is 1. The standard InChI is InChI=1S/C20H27N5O2.HI/c1-3-22-20(24-12-10-16-7-4-5-9-18(16)27-2)25-14-13-23-19(26)17-8-6-11-21-15-17;/h4-9,11,15H,3,10,12-14H2,1-2H3,(H,23,26)(H2,22,24,25);1H. The second kappa shape index (κ2) is 13.8. The van der Waals surface area contributed by atoms with Crippen LogP contribution in [0.25, 0.3) is 0 Å². The second-order valence-corrected chi connectivity index (χ2v) is 5.75. The van der Waals surface area contributed by atoms with Gasteiger partial charge in [0.25, 0.3) is 5.91 Å². The summed E-state index contributed by atoms with van der Waals surface area (Å²) in [5.74, 6) is 1.47. The predicted octanol–water partition coefficient (Wildman–Crippen LogP) is 2.24. The topological polar surface area (TPSA) is 87.6 Å². The molecule has 0 saturated carbocycles. The van der Waals surface area contributed by atoms with Crippen LogP contribution >= 0.6 is 24.0 Å². The van der Waals surface area contributed by atoms with Crippen molar-refractivity contribution in [1.29, 1.82) is 0 Å². The van der Waals surface area contributed by atoms with Gasteiger partial charge in [-0.25, -0.2) is 0 Å². The zero-order valence-corrected chi connectivity index (χ0v) is 18.6. The van der Waals surface area contributed by atoms with E-state index in [2.05, 4.69) is 25.9 Å². The molecule has 7 nitrogen and oxygen atoms in total. The van der Waals surface area contributed by atoms with Gasteiger partial charge in [0.15, 0.2) is 5.96 Å². The Labute approximate surface area is 183 Å². The molecule has 0 aliphatic heterocycles. The third-order valence-electron chi connectivity index (χ3n) is 3.81. The van der Waals surface area contributed by atoms with E-state index in [-0.39, 0.29) is 29.9 Å². The van der Waals surface area contributed by atoms with Gasteiger partial charge in [0, 0.05) is 38.6 Å². The lowest BCUT2D eigenvalue weighted by atomic mass is 10.1. The van der Waals surface area contributed by atoms with Gasteiger partial charge in [-0.3, -0.25) is 14.8 Å². The molecule has 2 rings (SSSR count). The van der Waals surface area contributed by atoms with Crippen LogP contribution in [0.5, 0.6) is 5.75 Å². The number of benzene rings is 1. The number of nitrogens with one attached hydrogen (secondary N) is 3. The van der Waals surface area contributed by atoms with Crippen LogP contribution in [-0.4, -0.2) is 50.1 Å². The molecule has 1 aromatic carbocycles. The lowest BCUT2D eigenvalue weighted by Gasteiger charge is -2.12. The minimum Gasteiger partial charge on any atom is -0.496 e. The average Bonchev–Trinajstić information content (AvgIpc) is 2.72. The molecule has 0 aliphatic rings. The monoisotopic (exact) mass is 497 g/mol. The second-order valence-electron chi connectivity index (χ2n) is 5.75.